The topological polar surface area (TPSA) is 12.5 Å². The zero-order chi connectivity index (χ0) is 11.1. The minimum absolute atomic E-state index is 0.408. The lowest BCUT2D eigenvalue weighted by Gasteiger charge is -2.31. The summed E-state index contributed by atoms with van der Waals surface area (Å²) in [6, 6.07) is 0. The van der Waals surface area contributed by atoms with Gasteiger partial charge in [-0.1, -0.05) is 32.6 Å². The molecule has 2 nitrogen and oxygen atoms in total. The highest BCUT2D eigenvalue weighted by molar-refractivity contribution is 4.89. The third-order valence-corrected chi connectivity index (χ3v) is 2.85. The smallest absolute Gasteiger partial charge is 0.0703 e. The molecule has 1 fully saturated rings. The van der Waals surface area contributed by atoms with Gasteiger partial charge in [0.1, 0.15) is 0 Å². The quantitative estimate of drug-likeness (QED) is 0.643. The molecular formula is C13H23NO. The van der Waals surface area contributed by atoms with Crippen molar-refractivity contribution in [1.82, 2.24) is 4.90 Å². The van der Waals surface area contributed by atoms with E-state index in [9.17, 15) is 0 Å². The van der Waals surface area contributed by atoms with E-state index in [0.717, 1.165) is 32.2 Å². The zero-order valence-electron chi connectivity index (χ0n) is 10.0. The van der Waals surface area contributed by atoms with Crippen molar-refractivity contribution in [2.24, 2.45) is 5.92 Å². The lowest BCUT2D eigenvalue weighted by atomic mass is 10.0. The molecule has 1 aliphatic rings. The van der Waals surface area contributed by atoms with Crippen LogP contribution in [0.5, 0.6) is 0 Å². The van der Waals surface area contributed by atoms with Gasteiger partial charge in [0.2, 0.25) is 0 Å². The Morgan fingerprint density at radius 3 is 3.00 bits per heavy atom. The van der Waals surface area contributed by atoms with Crippen LogP contribution in [0.2, 0.25) is 0 Å². The molecule has 1 atom stereocenters. The molecule has 0 aromatic carbocycles. The lowest BCUT2D eigenvalue weighted by Crippen LogP contribution is -2.42. The fourth-order valence-electron chi connectivity index (χ4n) is 1.98. The Morgan fingerprint density at radius 1 is 1.53 bits per heavy atom. The number of terminal acetylenes is 1. The predicted octanol–water partition coefficient (Wildman–Crippen LogP) is 2.15. The molecule has 0 radical (unpaired) electrons. The first-order valence-electron chi connectivity index (χ1n) is 5.99. The maximum atomic E-state index is 5.73. The Kier molecular flexibility index (Phi) is 5.75. The minimum Gasteiger partial charge on any atom is -0.376 e. The molecule has 0 spiro atoms. The van der Waals surface area contributed by atoms with Crippen LogP contribution in [0, 0.1) is 18.3 Å². The lowest BCUT2D eigenvalue weighted by molar-refractivity contribution is -0.0288. The maximum absolute atomic E-state index is 5.73. The molecule has 0 N–H and O–H groups in total. The van der Waals surface area contributed by atoms with E-state index < -0.39 is 0 Å². The molecule has 0 aliphatic carbocycles. The van der Waals surface area contributed by atoms with Gasteiger partial charge in [-0.3, -0.25) is 4.90 Å². The molecule has 0 amide bonds. The van der Waals surface area contributed by atoms with Gasteiger partial charge in [-0.15, -0.1) is 6.42 Å². The molecule has 86 valence electrons. The summed E-state index contributed by atoms with van der Waals surface area (Å²) in [5.74, 6) is 3.50. The largest absolute Gasteiger partial charge is 0.376 e. The SMILES string of the molecule is C#CCN1CCO[C@@H](CCCC(C)C)C1. The number of hydrogen-bond donors (Lipinski definition) is 0. The molecule has 15 heavy (non-hydrogen) atoms. The summed E-state index contributed by atoms with van der Waals surface area (Å²) in [4.78, 5) is 2.31. The van der Waals surface area contributed by atoms with Gasteiger partial charge < -0.3 is 4.74 Å². The molecule has 0 bridgehead atoms. The Morgan fingerprint density at radius 2 is 2.33 bits per heavy atom. The van der Waals surface area contributed by atoms with Gasteiger partial charge in [0.25, 0.3) is 0 Å². The predicted molar refractivity (Wildman–Crippen MR) is 63.7 cm³/mol. The van der Waals surface area contributed by atoms with Crippen LogP contribution in [-0.2, 0) is 4.74 Å². The normalized spacial score (nSPS) is 22.9. The Labute approximate surface area is 94.0 Å². The third-order valence-electron chi connectivity index (χ3n) is 2.85. The van der Waals surface area contributed by atoms with Crippen molar-refractivity contribution in [1.29, 1.82) is 0 Å². The van der Waals surface area contributed by atoms with E-state index in [4.69, 9.17) is 11.2 Å². The Balaban J connectivity index is 2.16. The van der Waals surface area contributed by atoms with Crippen molar-refractivity contribution in [2.45, 2.75) is 39.2 Å². The summed E-state index contributed by atoms with van der Waals surface area (Å²) >= 11 is 0. The van der Waals surface area contributed by atoms with Gasteiger partial charge in [0, 0.05) is 13.1 Å². The second-order valence-electron chi connectivity index (χ2n) is 4.76. The zero-order valence-corrected chi connectivity index (χ0v) is 10.0. The summed E-state index contributed by atoms with van der Waals surface area (Å²) < 4.78 is 5.73. The van der Waals surface area contributed by atoms with E-state index in [2.05, 4.69) is 24.7 Å². The van der Waals surface area contributed by atoms with Crippen molar-refractivity contribution < 1.29 is 4.74 Å². The van der Waals surface area contributed by atoms with Crippen LogP contribution < -0.4 is 0 Å². The molecular weight excluding hydrogens is 186 g/mol. The summed E-state index contributed by atoms with van der Waals surface area (Å²) in [5.41, 5.74) is 0. The van der Waals surface area contributed by atoms with Crippen LogP contribution >= 0.6 is 0 Å². The number of nitrogens with zero attached hydrogens (tertiary/aromatic N) is 1. The van der Waals surface area contributed by atoms with Crippen molar-refractivity contribution in [3.05, 3.63) is 0 Å². The molecule has 0 saturated carbocycles. The average molecular weight is 209 g/mol. The van der Waals surface area contributed by atoms with Gasteiger partial charge in [-0.05, 0) is 12.3 Å². The molecule has 1 aliphatic heterocycles. The van der Waals surface area contributed by atoms with E-state index in [1.807, 2.05) is 0 Å². The summed E-state index contributed by atoms with van der Waals surface area (Å²) in [7, 11) is 0. The van der Waals surface area contributed by atoms with Gasteiger partial charge >= 0.3 is 0 Å². The van der Waals surface area contributed by atoms with Crippen LogP contribution in [0.3, 0.4) is 0 Å². The van der Waals surface area contributed by atoms with Crippen molar-refractivity contribution in [2.75, 3.05) is 26.2 Å². The molecule has 0 unspecified atom stereocenters. The molecule has 0 aromatic heterocycles. The van der Waals surface area contributed by atoms with E-state index >= 15 is 0 Å². The van der Waals surface area contributed by atoms with Crippen molar-refractivity contribution in [3.8, 4) is 12.3 Å². The van der Waals surface area contributed by atoms with Crippen LogP contribution in [-0.4, -0.2) is 37.2 Å². The summed E-state index contributed by atoms with van der Waals surface area (Å²) in [6.07, 6.45) is 9.47. The summed E-state index contributed by atoms with van der Waals surface area (Å²) in [6.45, 7) is 8.16. The van der Waals surface area contributed by atoms with E-state index in [1.165, 1.54) is 19.3 Å². The van der Waals surface area contributed by atoms with Crippen LogP contribution in [0.4, 0.5) is 0 Å². The first-order chi connectivity index (χ1) is 7.22. The van der Waals surface area contributed by atoms with Crippen molar-refractivity contribution >= 4 is 0 Å². The van der Waals surface area contributed by atoms with Crippen LogP contribution in [0.25, 0.3) is 0 Å². The van der Waals surface area contributed by atoms with Gasteiger partial charge in [0.15, 0.2) is 0 Å². The molecule has 0 aromatic rings. The fourth-order valence-corrected chi connectivity index (χ4v) is 1.98. The summed E-state index contributed by atoms with van der Waals surface area (Å²) in [5, 5.41) is 0. The first kappa shape index (κ1) is 12.5. The second-order valence-corrected chi connectivity index (χ2v) is 4.76. The molecule has 1 rings (SSSR count). The van der Waals surface area contributed by atoms with Gasteiger partial charge in [0.05, 0.1) is 19.3 Å². The molecule has 2 heteroatoms. The first-order valence-corrected chi connectivity index (χ1v) is 5.99. The van der Waals surface area contributed by atoms with Crippen LogP contribution in [0.15, 0.2) is 0 Å². The second kappa shape index (κ2) is 6.87. The number of ether oxygens (including phenoxy) is 1. The van der Waals surface area contributed by atoms with E-state index in [-0.39, 0.29) is 0 Å². The van der Waals surface area contributed by atoms with Gasteiger partial charge in [-0.25, -0.2) is 0 Å². The third kappa shape index (κ3) is 5.20. The highest BCUT2D eigenvalue weighted by Crippen LogP contribution is 2.14. The standard InChI is InChI=1S/C13H23NO/c1-4-8-14-9-10-15-13(11-14)7-5-6-12(2)3/h1,12-13H,5-11H2,2-3H3/t13-/m0/s1. The average Bonchev–Trinajstić information content (AvgIpc) is 2.18. The highest BCUT2D eigenvalue weighted by atomic mass is 16.5. The molecule has 1 heterocycles. The fraction of sp³-hybridized carbons (Fsp3) is 0.846. The highest BCUT2D eigenvalue weighted by Gasteiger charge is 2.19. The minimum atomic E-state index is 0.408. The number of morpholine rings is 1. The maximum Gasteiger partial charge on any atom is 0.0703 e. The monoisotopic (exact) mass is 209 g/mol. The van der Waals surface area contributed by atoms with Gasteiger partial charge in [-0.2, -0.15) is 0 Å². The Bertz CT molecular complexity index is 207. The van der Waals surface area contributed by atoms with Crippen molar-refractivity contribution in [3.63, 3.8) is 0 Å². The number of hydrogen-bond acceptors (Lipinski definition) is 2. The van der Waals surface area contributed by atoms with E-state index in [0.29, 0.717) is 6.10 Å². The van der Waals surface area contributed by atoms with Crippen LogP contribution in [0.1, 0.15) is 33.1 Å². The molecule has 1 saturated heterocycles. The Hall–Kier alpha value is -0.520. The number of rotatable bonds is 5. The van der Waals surface area contributed by atoms with E-state index in [1.54, 1.807) is 0 Å².